The summed E-state index contributed by atoms with van der Waals surface area (Å²) in [5.41, 5.74) is 0.984. The second-order valence-corrected chi connectivity index (χ2v) is 8.54. The third kappa shape index (κ3) is 3.60. The lowest BCUT2D eigenvalue weighted by Crippen LogP contribution is -2.41. The molecule has 2 atom stereocenters. The Kier molecular flexibility index (Phi) is 4.48. The molecule has 1 aromatic carbocycles. The highest BCUT2D eigenvalue weighted by atomic mass is 32.2. The fourth-order valence-corrected chi connectivity index (χ4v) is 4.16. The Morgan fingerprint density at radius 3 is 2.83 bits per heavy atom. The molecule has 0 aromatic heterocycles. The molecule has 0 radical (unpaired) electrons. The van der Waals surface area contributed by atoms with Gasteiger partial charge in [0.1, 0.15) is 5.75 Å². The van der Waals surface area contributed by atoms with E-state index < -0.39 is 15.1 Å². The second kappa shape index (κ2) is 6.39. The number of para-hydroxylation sites is 1. The van der Waals surface area contributed by atoms with Crippen LogP contribution in [0.1, 0.15) is 30.9 Å². The van der Waals surface area contributed by atoms with E-state index in [1.807, 2.05) is 24.3 Å². The van der Waals surface area contributed by atoms with Gasteiger partial charge in [-0.1, -0.05) is 18.2 Å². The van der Waals surface area contributed by atoms with Gasteiger partial charge in [-0.3, -0.25) is 0 Å². The van der Waals surface area contributed by atoms with Gasteiger partial charge in [-0.15, -0.1) is 0 Å². The number of ether oxygens (including phenoxy) is 1. The highest BCUT2D eigenvalue weighted by Crippen LogP contribution is 2.31. The summed E-state index contributed by atoms with van der Waals surface area (Å²) in [5.74, 6) is 0.811. The van der Waals surface area contributed by atoms with Crippen molar-refractivity contribution in [2.24, 2.45) is 0 Å². The summed E-state index contributed by atoms with van der Waals surface area (Å²) >= 11 is 0. The Morgan fingerprint density at radius 1 is 1.30 bits per heavy atom. The Labute approximate surface area is 136 Å². The topological polar surface area (TPSA) is 75.7 Å². The Balaban J connectivity index is 1.69. The van der Waals surface area contributed by atoms with Crippen molar-refractivity contribution in [3.8, 4) is 5.75 Å². The molecule has 2 aliphatic rings. The van der Waals surface area contributed by atoms with Crippen molar-refractivity contribution >= 4 is 15.9 Å². The molecular formula is C16H22N2O4S. The fraction of sp³-hybridized carbons (Fsp3) is 0.562. The minimum atomic E-state index is -3.10. The first kappa shape index (κ1) is 16.1. The normalized spacial score (nSPS) is 24.5. The fourth-order valence-electron chi connectivity index (χ4n) is 3.18. The van der Waals surface area contributed by atoms with Gasteiger partial charge in [0.2, 0.25) is 0 Å². The van der Waals surface area contributed by atoms with Gasteiger partial charge >= 0.3 is 6.03 Å². The predicted molar refractivity (Wildman–Crippen MR) is 87.3 cm³/mol. The number of hydrogen-bond donors (Lipinski definition) is 1. The molecule has 7 heteroatoms. The number of fused-ring (bicyclic) bond motifs is 1. The Morgan fingerprint density at radius 2 is 2.09 bits per heavy atom. The minimum Gasteiger partial charge on any atom is -0.493 e. The van der Waals surface area contributed by atoms with Gasteiger partial charge in [-0.05, 0) is 25.3 Å². The van der Waals surface area contributed by atoms with Crippen molar-refractivity contribution < 1.29 is 17.9 Å². The van der Waals surface area contributed by atoms with Gasteiger partial charge in [0, 0.05) is 24.9 Å². The SMILES string of the molecule is CS(=O)(=O)[C@H]1CCN(C(=O)N[C@H]2CCCOc3ccccc32)C1. The Hall–Kier alpha value is -1.76. The molecule has 0 saturated carbocycles. The number of carbonyl (C=O) groups is 1. The van der Waals surface area contributed by atoms with Crippen molar-refractivity contribution in [1.82, 2.24) is 10.2 Å². The summed E-state index contributed by atoms with van der Waals surface area (Å²) in [6.45, 7) is 1.40. The number of hydrogen-bond acceptors (Lipinski definition) is 4. The van der Waals surface area contributed by atoms with Crippen LogP contribution in [0.2, 0.25) is 0 Å². The van der Waals surface area contributed by atoms with Crippen molar-refractivity contribution in [3.63, 3.8) is 0 Å². The van der Waals surface area contributed by atoms with Gasteiger partial charge < -0.3 is 15.0 Å². The predicted octanol–water partition coefficient (Wildman–Crippen LogP) is 1.73. The number of nitrogens with zero attached hydrogens (tertiary/aromatic N) is 1. The molecular weight excluding hydrogens is 316 g/mol. The number of rotatable bonds is 2. The van der Waals surface area contributed by atoms with Crippen LogP contribution >= 0.6 is 0 Å². The molecule has 3 rings (SSSR count). The number of carbonyl (C=O) groups excluding carboxylic acids is 1. The van der Waals surface area contributed by atoms with E-state index in [0.717, 1.165) is 24.2 Å². The van der Waals surface area contributed by atoms with E-state index in [4.69, 9.17) is 4.74 Å². The third-order valence-corrected chi connectivity index (χ3v) is 6.12. The number of amides is 2. The first-order chi connectivity index (χ1) is 10.9. The van der Waals surface area contributed by atoms with E-state index in [-0.39, 0.29) is 18.6 Å². The molecule has 2 heterocycles. The average molecular weight is 338 g/mol. The monoisotopic (exact) mass is 338 g/mol. The summed E-state index contributed by atoms with van der Waals surface area (Å²) in [6, 6.07) is 7.43. The molecule has 126 valence electrons. The summed E-state index contributed by atoms with van der Waals surface area (Å²) in [4.78, 5) is 14.1. The van der Waals surface area contributed by atoms with Crippen LogP contribution in [0.15, 0.2) is 24.3 Å². The van der Waals surface area contributed by atoms with Crippen molar-refractivity contribution in [3.05, 3.63) is 29.8 Å². The van der Waals surface area contributed by atoms with Gasteiger partial charge in [-0.25, -0.2) is 13.2 Å². The summed E-state index contributed by atoms with van der Waals surface area (Å²) < 4.78 is 29.0. The van der Waals surface area contributed by atoms with Crippen LogP contribution in [-0.2, 0) is 9.84 Å². The van der Waals surface area contributed by atoms with E-state index in [1.165, 1.54) is 6.26 Å². The quantitative estimate of drug-likeness (QED) is 0.891. The van der Waals surface area contributed by atoms with E-state index in [2.05, 4.69) is 5.32 Å². The van der Waals surface area contributed by atoms with E-state index in [0.29, 0.717) is 19.6 Å². The number of nitrogens with one attached hydrogen (secondary N) is 1. The van der Waals surface area contributed by atoms with Gasteiger partial charge in [0.25, 0.3) is 0 Å². The lowest BCUT2D eigenvalue weighted by molar-refractivity contribution is 0.204. The zero-order valence-corrected chi connectivity index (χ0v) is 14.0. The molecule has 6 nitrogen and oxygen atoms in total. The lowest BCUT2D eigenvalue weighted by Gasteiger charge is -2.23. The van der Waals surface area contributed by atoms with Crippen LogP contribution in [0, 0.1) is 0 Å². The molecule has 23 heavy (non-hydrogen) atoms. The number of urea groups is 1. The lowest BCUT2D eigenvalue weighted by atomic mass is 10.0. The van der Waals surface area contributed by atoms with E-state index in [9.17, 15) is 13.2 Å². The van der Waals surface area contributed by atoms with Crippen molar-refractivity contribution in [2.75, 3.05) is 26.0 Å². The van der Waals surface area contributed by atoms with Crippen LogP contribution in [0.3, 0.4) is 0 Å². The molecule has 0 bridgehead atoms. The number of sulfone groups is 1. The maximum Gasteiger partial charge on any atom is 0.317 e. The minimum absolute atomic E-state index is 0.0986. The zero-order chi connectivity index (χ0) is 16.4. The molecule has 2 aliphatic heterocycles. The smallest absolute Gasteiger partial charge is 0.317 e. The molecule has 0 spiro atoms. The van der Waals surface area contributed by atoms with Crippen molar-refractivity contribution in [1.29, 1.82) is 0 Å². The number of likely N-dealkylation sites (tertiary alicyclic amines) is 1. The highest BCUT2D eigenvalue weighted by molar-refractivity contribution is 7.91. The van der Waals surface area contributed by atoms with Gasteiger partial charge in [0.05, 0.1) is 17.9 Å². The average Bonchev–Trinajstić information content (AvgIpc) is 2.93. The maximum absolute atomic E-state index is 12.5. The van der Waals surface area contributed by atoms with E-state index in [1.54, 1.807) is 4.90 Å². The summed E-state index contributed by atoms with van der Waals surface area (Å²) in [6.07, 6.45) is 3.42. The van der Waals surface area contributed by atoms with Crippen LogP contribution in [0.25, 0.3) is 0 Å². The van der Waals surface area contributed by atoms with Gasteiger partial charge in [0.15, 0.2) is 9.84 Å². The Bertz CT molecular complexity index is 689. The molecule has 1 aromatic rings. The summed E-state index contributed by atoms with van der Waals surface area (Å²) in [5, 5.41) is 2.59. The van der Waals surface area contributed by atoms with Crippen molar-refractivity contribution in [2.45, 2.75) is 30.6 Å². The highest BCUT2D eigenvalue weighted by Gasteiger charge is 2.33. The third-order valence-electron chi connectivity index (χ3n) is 4.52. The zero-order valence-electron chi connectivity index (χ0n) is 13.2. The molecule has 1 N–H and O–H groups in total. The van der Waals surface area contributed by atoms with Crippen LogP contribution < -0.4 is 10.1 Å². The molecule has 0 aliphatic carbocycles. The number of benzene rings is 1. The first-order valence-corrected chi connectivity index (χ1v) is 9.86. The maximum atomic E-state index is 12.5. The molecule has 0 unspecified atom stereocenters. The second-order valence-electron chi connectivity index (χ2n) is 6.22. The summed E-state index contributed by atoms with van der Waals surface area (Å²) in [7, 11) is -3.10. The first-order valence-electron chi connectivity index (χ1n) is 7.91. The van der Waals surface area contributed by atoms with Crippen LogP contribution in [-0.4, -0.2) is 50.6 Å². The van der Waals surface area contributed by atoms with Crippen LogP contribution in [0.4, 0.5) is 4.79 Å². The van der Waals surface area contributed by atoms with Crippen LogP contribution in [0.5, 0.6) is 5.75 Å². The van der Waals surface area contributed by atoms with E-state index >= 15 is 0 Å². The van der Waals surface area contributed by atoms with Gasteiger partial charge in [-0.2, -0.15) is 0 Å². The molecule has 1 saturated heterocycles. The largest absolute Gasteiger partial charge is 0.493 e. The molecule has 1 fully saturated rings. The molecule has 2 amide bonds. The standard InChI is InChI=1S/C16H22N2O4S/c1-23(20,21)12-8-9-18(11-12)16(19)17-14-6-4-10-22-15-7-3-2-5-13(14)15/h2-3,5,7,12,14H,4,6,8-11H2,1H3,(H,17,19)/t12-,14-/m0/s1.